The maximum atomic E-state index is 5.38. The van der Waals surface area contributed by atoms with E-state index in [4.69, 9.17) is 16.2 Å². The van der Waals surface area contributed by atoms with Crippen LogP contribution in [0.1, 0.15) is 44.1 Å². The minimum atomic E-state index is 0.713. The van der Waals surface area contributed by atoms with Gasteiger partial charge < -0.3 is 16.2 Å². The normalized spacial score (nSPS) is 20.3. The molecule has 0 unspecified atom stereocenters. The standard InChI is InChI=1S/C14H20O.C6H8N2/c1-11-3-5-12(6-4-11)13-7-9-14(15-2)10-8-13;7-5-2-1-3-6(8)4-5/h7-12H,3-6H2,1-2H3;1-4H,7-8H2. The second kappa shape index (κ2) is 8.47. The Morgan fingerprint density at radius 3 is 1.87 bits per heavy atom. The van der Waals surface area contributed by atoms with E-state index in [2.05, 4.69) is 31.2 Å². The molecule has 1 aliphatic carbocycles. The Kier molecular flexibility index (Phi) is 6.33. The van der Waals surface area contributed by atoms with E-state index >= 15 is 0 Å². The van der Waals surface area contributed by atoms with E-state index in [-0.39, 0.29) is 0 Å². The fourth-order valence-electron chi connectivity index (χ4n) is 3.03. The molecule has 0 bridgehead atoms. The lowest BCUT2D eigenvalue weighted by Crippen LogP contribution is -2.10. The third-order valence-corrected chi connectivity index (χ3v) is 4.51. The topological polar surface area (TPSA) is 61.3 Å². The maximum Gasteiger partial charge on any atom is 0.118 e. The molecule has 2 aromatic rings. The van der Waals surface area contributed by atoms with Gasteiger partial charge in [-0.1, -0.05) is 38.0 Å². The zero-order chi connectivity index (χ0) is 16.7. The Bertz CT molecular complexity index is 570. The predicted molar refractivity (Wildman–Crippen MR) is 98.6 cm³/mol. The molecule has 1 aliphatic rings. The first-order valence-corrected chi connectivity index (χ1v) is 8.33. The van der Waals surface area contributed by atoms with Gasteiger partial charge >= 0.3 is 0 Å². The summed E-state index contributed by atoms with van der Waals surface area (Å²) in [5.41, 5.74) is 13.7. The smallest absolute Gasteiger partial charge is 0.118 e. The molecular weight excluding hydrogens is 284 g/mol. The second-order valence-electron chi connectivity index (χ2n) is 6.40. The first kappa shape index (κ1) is 17.2. The molecule has 0 atom stereocenters. The lowest BCUT2D eigenvalue weighted by atomic mass is 9.79. The monoisotopic (exact) mass is 312 g/mol. The van der Waals surface area contributed by atoms with Crippen molar-refractivity contribution < 1.29 is 4.74 Å². The number of rotatable bonds is 2. The van der Waals surface area contributed by atoms with Gasteiger partial charge in [0, 0.05) is 11.4 Å². The van der Waals surface area contributed by atoms with Gasteiger partial charge in [0.05, 0.1) is 7.11 Å². The first-order chi connectivity index (χ1) is 11.1. The van der Waals surface area contributed by atoms with Crippen LogP contribution >= 0.6 is 0 Å². The van der Waals surface area contributed by atoms with Gasteiger partial charge in [-0.15, -0.1) is 0 Å². The van der Waals surface area contributed by atoms with Gasteiger partial charge in [-0.05, 0) is 60.6 Å². The molecule has 0 heterocycles. The van der Waals surface area contributed by atoms with Gasteiger partial charge in [0.1, 0.15) is 5.75 Å². The number of ether oxygens (including phenoxy) is 1. The summed E-state index contributed by atoms with van der Waals surface area (Å²) in [5, 5.41) is 0. The molecule has 0 spiro atoms. The molecule has 0 amide bonds. The van der Waals surface area contributed by atoms with Crippen LogP contribution in [0.4, 0.5) is 11.4 Å². The van der Waals surface area contributed by atoms with Crippen LogP contribution < -0.4 is 16.2 Å². The number of nitrogen functional groups attached to an aromatic ring is 2. The maximum absolute atomic E-state index is 5.38. The molecule has 1 saturated carbocycles. The average molecular weight is 312 g/mol. The molecule has 124 valence electrons. The summed E-state index contributed by atoms with van der Waals surface area (Å²) in [5.74, 6) is 2.68. The van der Waals surface area contributed by atoms with E-state index in [9.17, 15) is 0 Å². The molecule has 1 fully saturated rings. The molecule has 0 saturated heterocycles. The summed E-state index contributed by atoms with van der Waals surface area (Å²) in [4.78, 5) is 0. The highest BCUT2D eigenvalue weighted by Gasteiger charge is 2.19. The molecule has 3 heteroatoms. The third-order valence-electron chi connectivity index (χ3n) is 4.51. The number of hydrogen-bond donors (Lipinski definition) is 2. The molecule has 2 aromatic carbocycles. The Morgan fingerprint density at radius 1 is 0.870 bits per heavy atom. The van der Waals surface area contributed by atoms with E-state index in [1.54, 1.807) is 25.3 Å². The number of hydrogen-bond acceptors (Lipinski definition) is 3. The summed E-state index contributed by atoms with van der Waals surface area (Å²) in [7, 11) is 1.72. The van der Waals surface area contributed by atoms with Crippen LogP contribution in [0.15, 0.2) is 48.5 Å². The van der Waals surface area contributed by atoms with Crippen molar-refractivity contribution in [2.45, 2.75) is 38.5 Å². The van der Waals surface area contributed by atoms with E-state index < -0.39 is 0 Å². The average Bonchev–Trinajstić information content (AvgIpc) is 2.56. The van der Waals surface area contributed by atoms with Gasteiger partial charge in [-0.3, -0.25) is 0 Å². The van der Waals surface area contributed by atoms with E-state index in [0.717, 1.165) is 17.6 Å². The van der Waals surface area contributed by atoms with Gasteiger partial charge in [0.15, 0.2) is 0 Å². The van der Waals surface area contributed by atoms with Gasteiger partial charge in [0.2, 0.25) is 0 Å². The predicted octanol–water partition coefficient (Wildman–Crippen LogP) is 4.84. The summed E-state index contributed by atoms with van der Waals surface area (Å²) < 4.78 is 5.17. The lowest BCUT2D eigenvalue weighted by molar-refractivity contribution is 0.347. The van der Waals surface area contributed by atoms with Crippen molar-refractivity contribution in [1.82, 2.24) is 0 Å². The summed E-state index contributed by atoms with van der Waals surface area (Å²) in [6.45, 7) is 2.37. The van der Waals surface area contributed by atoms with Crippen molar-refractivity contribution >= 4 is 11.4 Å². The van der Waals surface area contributed by atoms with E-state index in [0.29, 0.717) is 11.4 Å². The quantitative estimate of drug-likeness (QED) is 0.780. The number of anilines is 2. The Morgan fingerprint density at radius 2 is 1.43 bits per heavy atom. The zero-order valence-corrected chi connectivity index (χ0v) is 14.2. The fourth-order valence-corrected chi connectivity index (χ4v) is 3.03. The summed E-state index contributed by atoms with van der Waals surface area (Å²) in [6, 6.07) is 15.7. The second-order valence-corrected chi connectivity index (χ2v) is 6.40. The highest BCUT2D eigenvalue weighted by Crippen LogP contribution is 2.35. The molecule has 0 aliphatic heterocycles. The van der Waals surface area contributed by atoms with Gasteiger partial charge in [-0.2, -0.15) is 0 Å². The largest absolute Gasteiger partial charge is 0.497 e. The van der Waals surface area contributed by atoms with Crippen LogP contribution in [0.25, 0.3) is 0 Å². The SMILES string of the molecule is COc1ccc(C2CCC(C)CC2)cc1.Nc1cccc(N)c1. The van der Waals surface area contributed by atoms with Gasteiger partial charge in [0.25, 0.3) is 0 Å². The van der Waals surface area contributed by atoms with E-state index in [1.807, 2.05) is 6.07 Å². The molecule has 0 radical (unpaired) electrons. The Balaban J connectivity index is 0.000000203. The van der Waals surface area contributed by atoms with Crippen molar-refractivity contribution in [2.75, 3.05) is 18.6 Å². The van der Waals surface area contributed by atoms with Crippen molar-refractivity contribution in [3.8, 4) is 5.75 Å². The number of nitrogens with two attached hydrogens (primary N) is 2. The van der Waals surface area contributed by atoms with Gasteiger partial charge in [-0.25, -0.2) is 0 Å². The van der Waals surface area contributed by atoms with Crippen LogP contribution in [0.5, 0.6) is 5.75 Å². The molecule has 3 rings (SSSR count). The van der Waals surface area contributed by atoms with Crippen molar-refractivity contribution in [3.05, 3.63) is 54.1 Å². The molecular formula is C20H28N2O. The lowest BCUT2D eigenvalue weighted by Gasteiger charge is -2.26. The fraction of sp³-hybridized carbons (Fsp3) is 0.400. The molecule has 0 aromatic heterocycles. The highest BCUT2D eigenvalue weighted by molar-refractivity contribution is 5.50. The highest BCUT2D eigenvalue weighted by atomic mass is 16.5. The van der Waals surface area contributed by atoms with Crippen molar-refractivity contribution in [1.29, 1.82) is 0 Å². The summed E-state index contributed by atoms with van der Waals surface area (Å²) in [6.07, 6.45) is 5.48. The minimum Gasteiger partial charge on any atom is -0.497 e. The third kappa shape index (κ3) is 5.51. The molecule has 23 heavy (non-hydrogen) atoms. The zero-order valence-electron chi connectivity index (χ0n) is 14.2. The number of benzene rings is 2. The van der Waals surface area contributed by atoms with Crippen LogP contribution in [0, 0.1) is 5.92 Å². The Hall–Kier alpha value is -2.16. The number of methoxy groups -OCH3 is 1. The first-order valence-electron chi connectivity index (χ1n) is 8.33. The van der Waals surface area contributed by atoms with Crippen LogP contribution in [0.2, 0.25) is 0 Å². The van der Waals surface area contributed by atoms with Crippen LogP contribution in [-0.2, 0) is 0 Å². The Labute approximate surface area is 139 Å². The van der Waals surface area contributed by atoms with Crippen molar-refractivity contribution in [3.63, 3.8) is 0 Å². The van der Waals surface area contributed by atoms with Crippen LogP contribution in [-0.4, -0.2) is 7.11 Å². The molecule has 3 nitrogen and oxygen atoms in total. The van der Waals surface area contributed by atoms with Crippen molar-refractivity contribution in [2.24, 2.45) is 5.92 Å². The van der Waals surface area contributed by atoms with Crippen LogP contribution in [0.3, 0.4) is 0 Å². The summed E-state index contributed by atoms with van der Waals surface area (Å²) >= 11 is 0. The molecule has 4 N–H and O–H groups in total. The minimum absolute atomic E-state index is 0.713. The van der Waals surface area contributed by atoms with E-state index in [1.165, 1.54) is 31.2 Å².